The second kappa shape index (κ2) is 6.68. The van der Waals surface area contributed by atoms with Crippen LogP contribution in [0.25, 0.3) is 0 Å². The van der Waals surface area contributed by atoms with Crippen LogP contribution >= 0.6 is 0 Å². The Morgan fingerprint density at radius 3 is 2.55 bits per heavy atom. The average molecular weight is 279 g/mol. The van der Waals surface area contributed by atoms with E-state index in [2.05, 4.69) is 12.2 Å². The van der Waals surface area contributed by atoms with Crippen molar-refractivity contribution in [3.05, 3.63) is 35.1 Å². The molecule has 0 aliphatic heterocycles. The Kier molecular flexibility index (Phi) is 5.17. The van der Waals surface area contributed by atoms with E-state index < -0.39 is 0 Å². The van der Waals surface area contributed by atoms with Gasteiger partial charge in [-0.25, -0.2) is 4.39 Å². The quantitative estimate of drug-likeness (QED) is 0.875. The summed E-state index contributed by atoms with van der Waals surface area (Å²) >= 11 is 0. The van der Waals surface area contributed by atoms with Gasteiger partial charge in [-0.3, -0.25) is 0 Å². The van der Waals surface area contributed by atoms with Crippen molar-refractivity contribution in [3.8, 4) is 0 Å². The molecule has 0 radical (unpaired) electrons. The van der Waals surface area contributed by atoms with Crippen molar-refractivity contribution in [2.24, 2.45) is 0 Å². The van der Waals surface area contributed by atoms with Crippen LogP contribution in [0.3, 0.4) is 0 Å². The Bertz CT molecular complexity index is 435. The first kappa shape index (κ1) is 15.5. The van der Waals surface area contributed by atoms with Crippen LogP contribution in [0.5, 0.6) is 0 Å². The molecule has 1 aromatic rings. The minimum atomic E-state index is -0.171. The third-order valence-corrected chi connectivity index (χ3v) is 4.49. The minimum absolute atomic E-state index is 0.128. The summed E-state index contributed by atoms with van der Waals surface area (Å²) in [6.07, 6.45) is 5.84. The van der Waals surface area contributed by atoms with E-state index in [0.717, 1.165) is 30.6 Å². The highest BCUT2D eigenvalue weighted by atomic mass is 19.1. The lowest BCUT2D eigenvalue weighted by molar-refractivity contribution is -0.0899. The molecule has 1 N–H and O–H groups in total. The summed E-state index contributed by atoms with van der Waals surface area (Å²) in [5, 5.41) is 3.43. The first-order valence-electron chi connectivity index (χ1n) is 7.70. The molecule has 1 unspecified atom stereocenters. The monoisotopic (exact) mass is 279 g/mol. The fourth-order valence-corrected chi connectivity index (χ4v) is 3.62. The second-order valence-corrected chi connectivity index (χ2v) is 5.78. The van der Waals surface area contributed by atoms with Gasteiger partial charge in [0.2, 0.25) is 0 Å². The lowest BCUT2D eigenvalue weighted by Crippen LogP contribution is -2.47. The predicted molar refractivity (Wildman–Crippen MR) is 80.4 cm³/mol. The van der Waals surface area contributed by atoms with Gasteiger partial charge in [-0.2, -0.15) is 0 Å². The van der Waals surface area contributed by atoms with Gasteiger partial charge >= 0.3 is 0 Å². The maximum atomic E-state index is 13.3. The highest BCUT2D eigenvalue weighted by molar-refractivity contribution is 5.32. The Morgan fingerprint density at radius 2 is 2.00 bits per heavy atom. The van der Waals surface area contributed by atoms with Crippen LogP contribution < -0.4 is 5.32 Å². The molecule has 2 rings (SSSR count). The fourth-order valence-electron chi connectivity index (χ4n) is 3.62. The molecule has 1 saturated carbocycles. The number of likely N-dealkylation sites (N-methyl/N-ethyl adjacent to an activating group) is 1. The summed E-state index contributed by atoms with van der Waals surface area (Å²) in [4.78, 5) is 0. The molecule has 0 spiro atoms. The molecule has 1 aliphatic carbocycles. The highest BCUT2D eigenvalue weighted by Crippen LogP contribution is 2.42. The van der Waals surface area contributed by atoms with Crippen molar-refractivity contribution in [2.45, 2.75) is 57.6 Å². The maximum absolute atomic E-state index is 13.3. The summed E-state index contributed by atoms with van der Waals surface area (Å²) in [5.74, 6) is -0.171. The van der Waals surface area contributed by atoms with Crippen molar-refractivity contribution in [1.82, 2.24) is 5.32 Å². The summed E-state index contributed by atoms with van der Waals surface area (Å²) in [5.41, 5.74) is 2.00. The molecule has 1 aromatic carbocycles. The number of hydrogen-bond acceptors (Lipinski definition) is 2. The van der Waals surface area contributed by atoms with Crippen LogP contribution in [0.15, 0.2) is 18.2 Å². The lowest BCUT2D eigenvalue weighted by Gasteiger charge is -2.44. The molecule has 1 atom stereocenters. The van der Waals surface area contributed by atoms with Gasteiger partial charge in [-0.05, 0) is 57.0 Å². The highest BCUT2D eigenvalue weighted by Gasteiger charge is 2.41. The van der Waals surface area contributed by atoms with Crippen molar-refractivity contribution in [3.63, 3.8) is 0 Å². The van der Waals surface area contributed by atoms with Crippen LogP contribution in [0, 0.1) is 12.7 Å². The number of benzene rings is 1. The van der Waals surface area contributed by atoms with Crippen molar-refractivity contribution in [1.29, 1.82) is 0 Å². The molecule has 2 nitrogen and oxygen atoms in total. The number of nitrogens with one attached hydrogen (secondary N) is 1. The molecule has 1 aliphatic rings. The Morgan fingerprint density at radius 1 is 1.30 bits per heavy atom. The number of halogens is 1. The van der Waals surface area contributed by atoms with Gasteiger partial charge < -0.3 is 10.1 Å². The lowest BCUT2D eigenvalue weighted by atomic mass is 9.75. The van der Waals surface area contributed by atoms with Crippen LogP contribution in [0.1, 0.15) is 56.2 Å². The van der Waals surface area contributed by atoms with Gasteiger partial charge in [-0.15, -0.1) is 0 Å². The van der Waals surface area contributed by atoms with E-state index in [9.17, 15) is 4.39 Å². The van der Waals surface area contributed by atoms with E-state index in [1.165, 1.54) is 19.3 Å². The van der Waals surface area contributed by atoms with Crippen LogP contribution in [0.4, 0.5) is 4.39 Å². The van der Waals surface area contributed by atoms with E-state index in [1.54, 1.807) is 12.1 Å². The van der Waals surface area contributed by atoms with Gasteiger partial charge in [0.25, 0.3) is 0 Å². The zero-order valence-corrected chi connectivity index (χ0v) is 12.8. The molecule has 20 heavy (non-hydrogen) atoms. The molecule has 0 heterocycles. The molecule has 0 aromatic heterocycles. The molecule has 0 bridgehead atoms. The Labute approximate surface area is 121 Å². The van der Waals surface area contributed by atoms with E-state index >= 15 is 0 Å². The van der Waals surface area contributed by atoms with E-state index in [1.807, 2.05) is 20.0 Å². The fraction of sp³-hybridized carbons (Fsp3) is 0.647. The third-order valence-electron chi connectivity index (χ3n) is 4.49. The van der Waals surface area contributed by atoms with Gasteiger partial charge in [0, 0.05) is 6.61 Å². The zero-order chi connectivity index (χ0) is 14.6. The van der Waals surface area contributed by atoms with Gasteiger partial charge in [-0.1, -0.05) is 25.3 Å². The second-order valence-electron chi connectivity index (χ2n) is 5.78. The summed E-state index contributed by atoms with van der Waals surface area (Å²) < 4.78 is 19.6. The topological polar surface area (TPSA) is 21.3 Å². The Hall–Kier alpha value is -0.930. The van der Waals surface area contributed by atoms with Gasteiger partial charge in [0.1, 0.15) is 5.82 Å². The maximum Gasteiger partial charge on any atom is 0.123 e. The largest absolute Gasteiger partial charge is 0.373 e. The van der Waals surface area contributed by atoms with Crippen molar-refractivity contribution >= 4 is 0 Å². The first-order chi connectivity index (χ1) is 9.63. The average Bonchev–Trinajstić information content (AvgIpc) is 2.43. The zero-order valence-electron chi connectivity index (χ0n) is 12.8. The normalized spacial score (nSPS) is 19.8. The molecule has 1 fully saturated rings. The van der Waals surface area contributed by atoms with Gasteiger partial charge in [0.15, 0.2) is 0 Å². The summed E-state index contributed by atoms with van der Waals surface area (Å²) in [6.45, 7) is 4.75. The van der Waals surface area contributed by atoms with Gasteiger partial charge in [0.05, 0.1) is 11.6 Å². The van der Waals surface area contributed by atoms with E-state index in [4.69, 9.17) is 4.74 Å². The molecule has 0 amide bonds. The molecule has 0 saturated heterocycles. The third kappa shape index (κ3) is 3.04. The summed E-state index contributed by atoms with van der Waals surface area (Å²) in [6, 6.07) is 5.20. The van der Waals surface area contributed by atoms with Crippen molar-refractivity contribution < 1.29 is 9.13 Å². The molecule has 3 heteroatoms. The minimum Gasteiger partial charge on any atom is -0.373 e. The molecular weight excluding hydrogens is 253 g/mol. The van der Waals surface area contributed by atoms with Crippen LogP contribution in [-0.4, -0.2) is 19.3 Å². The first-order valence-corrected chi connectivity index (χ1v) is 7.70. The van der Waals surface area contributed by atoms with Crippen LogP contribution in [-0.2, 0) is 4.74 Å². The summed E-state index contributed by atoms with van der Waals surface area (Å²) in [7, 11) is 1.98. The smallest absolute Gasteiger partial charge is 0.123 e. The Balaban J connectivity index is 2.37. The SMILES string of the molecule is CCOC1(C(NC)c2ccc(F)cc2C)CCCCC1. The number of aryl methyl sites for hydroxylation is 1. The predicted octanol–water partition coefficient (Wildman–Crippen LogP) is 4.13. The van der Waals surface area contributed by atoms with Crippen molar-refractivity contribution in [2.75, 3.05) is 13.7 Å². The van der Waals surface area contributed by atoms with E-state index in [0.29, 0.717) is 0 Å². The number of rotatable bonds is 5. The van der Waals surface area contributed by atoms with Crippen LogP contribution in [0.2, 0.25) is 0 Å². The molecule has 112 valence electrons. The molecular formula is C17H26FNO. The number of ether oxygens (including phenoxy) is 1. The number of hydrogen-bond donors (Lipinski definition) is 1. The van der Waals surface area contributed by atoms with E-state index in [-0.39, 0.29) is 17.5 Å². The standard InChI is InChI=1S/C17H26FNO/c1-4-20-17(10-6-5-7-11-17)16(19-3)15-9-8-14(18)12-13(15)2/h8-9,12,16,19H,4-7,10-11H2,1-3H3.